The summed E-state index contributed by atoms with van der Waals surface area (Å²) in [4.78, 5) is 26.2. The Balaban J connectivity index is 1.11. The molecular formula is C29H38ClN8O8P. The van der Waals surface area contributed by atoms with E-state index in [0.717, 1.165) is 38.5 Å². The van der Waals surface area contributed by atoms with Crippen molar-refractivity contribution in [2.24, 2.45) is 5.84 Å². The number of nitrogens with zero attached hydrogens (tertiary/aromatic N) is 5. The first kappa shape index (κ1) is 32.5. The van der Waals surface area contributed by atoms with Gasteiger partial charge in [0, 0.05) is 11.1 Å². The minimum Gasteiger partial charge on any atom is -0.461 e. The fraction of sp³-hybridized carbons (Fsp3) is 0.586. The molecule has 3 saturated carbocycles. The lowest BCUT2D eigenvalue weighted by atomic mass is 9.96. The summed E-state index contributed by atoms with van der Waals surface area (Å²) in [7, 11) is -4.32. The van der Waals surface area contributed by atoms with E-state index in [1.165, 1.54) is 35.0 Å². The first-order valence-corrected chi connectivity index (χ1v) is 17.6. The molecule has 0 spiro atoms. The first-order valence-electron chi connectivity index (χ1n) is 15.7. The molecule has 0 bridgehead atoms. The van der Waals surface area contributed by atoms with Crippen LogP contribution in [0.15, 0.2) is 30.6 Å². The molecule has 16 nitrogen and oxygen atoms in total. The molecule has 3 aromatic rings. The van der Waals surface area contributed by atoms with E-state index in [1.807, 2.05) is 0 Å². The van der Waals surface area contributed by atoms with Gasteiger partial charge >= 0.3 is 13.7 Å². The van der Waals surface area contributed by atoms with Crippen molar-refractivity contribution in [3.63, 3.8) is 0 Å². The molecule has 3 unspecified atom stereocenters. The molecule has 7 N–H and O–H groups in total. The van der Waals surface area contributed by atoms with Crippen molar-refractivity contribution in [2.45, 2.75) is 100 Å². The number of rotatable bonds is 12. The summed E-state index contributed by atoms with van der Waals surface area (Å²) < 4.78 is 39.3. The first-order chi connectivity index (χ1) is 22.4. The number of fused-ring (bicyclic) bond motifs is 1. The molecule has 3 aliphatic carbocycles. The zero-order chi connectivity index (χ0) is 33.1. The van der Waals surface area contributed by atoms with E-state index in [9.17, 15) is 19.6 Å². The molecule has 1 saturated heterocycles. The molecule has 3 heterocycles. The summed E-state index contributed by atoms with van der Waals surface area (Å²) >= 11 is 6.02. The molecule has 5 atom stereocenters. The number of aliphatic hydroxyl groups is 2. The standard InChI is InChI=1S/C29H38ClN8O8P/c1-28(41)22(39)20(45-25(28)37-15-33-21-23(37)34-27(31)35-24(21)38(32)17-8-9-17)14-43-47(42,46-19-10-6-16(30)7-11-19)36-29(12-13-29)26(40)44-18-4-2-3-5-18/h6-7,10-11,15,17-18,20,22,25,39,41H,2-5,8-9,12-14,32H2,1H3,(H,36,42)(H2,31,34,35)/t20?,22-,25?,28-,47?/m1/s1. The zero-order valence-electron chi connectivity index (χ0n) is 25.7. The van der Waals surface area contributed by atoms with Crippen LogP contribution < -0.4 is 26.2 Å². The van der Waals surface area contributed by atoms with Gasteiger partial charge in [0.15, 0.2) is 23.2 Å². The van der Waals surface area contributed by atoms with Crippen LogP contribution in [0.5, 0.6) is 5.75 Å². The Morgan fingerprint density at radius 1 is 1.21 bits per heavy atom. The molecular weight excluding hydrogens is 655 g/mol. The maximum Gasteiger partial charge on any atom is 0.459 e. The van der Waals surface area contributed by atoms with Crippen LogP contribution in [-0.2, 0) is 23.4 Å². The number of hydrogen-bond acceptors (Lipinski definition) is 14. The highest BCUT2D eigenvalue weighted by Gasteiger charge is 2.58. The number of carbonyl (C=O) groups excluding carboxylic acids is 1. The third-order valence-electron chi connectivity index (χ3n) is 9.13. The van der Waals surface area contributed by atoms with Gasteiger partial charge in [0.1, 0.15) is 35.2 Å². The molecule has 4 fully saturated rings. The van der Waals surface area contributed by atoms with Gasteiger partial charge < -0.3 is 29.9 Å². The van der Waals surface area contributed by atoms with Crippen LogP contribution in [0, 0.1) is 0 Å². The normalized spacial score (nSPS) is 28.3. The lowest BCUT2D eigenvalue weighted by Gasteiger charge is -2.28. The number of benzene rings is 1. The number of ether oxygens (including phenoxy) is 2. The SMILES string of the molecule is C[C@]1(O)C(n2cnc3c(N(N)C4CC4)nc(N)nc32)OC(COP(=O)(NC2(C(=O)OC3CCCC3)CC2)Oc2ccc(Cl)cc2)[C@H]1O. The van der Waals surface area contributed by atoms with Gasteiger partial charge in [-0.05, 0) is 82.6 Å². The number of esters is 1. The van der Waals surface area contributed by atoms with Gasteiger partial charge in [-0.3, -0.25) is 18.9 Å². The minimum absolute atomic E-state index is 0.0600. The third-order valence-corrected chi connectivity index (χ3v) is 11.0. The molecule has 0 radical (unpaired) electrons. The van der Waals surface area contributed by atoms with E-state index in [0.29, 0.717) is 29.2 Å². The number of anilines is 2. The van der Waals surface area contributed by atoms with Crippen LogP contribution in [0.3, 0.4) is 0 Å². The van der Waals surface area contributed by atoms with Crippen molar-refractivity contribution in [1.29, 1.82) is 0 Å². The zero-order valence-corrected chi connectivity index (χ0v) is 27.3. The van der Waals surface area contributed by atoms with Gasteiger partial charge in [-0.25, -0.2) is 15.4 Å². The van der Waals surface area contributed by atoms with E-state index < -0.39 is 49.9 Å². The average molecular weight is 693 g/mol. The van der Waals surface area contributed by atoms with Crippen molar-refractivity contribution in [3.8, 4) is 5.75 Å². The lowest BCUT2D eigenvalue weighted by molar-refractivity contribution is -0.152. The van der Waals surface area contributed by atoms with Crippen molar-refractivity contribution >= 4 is 48.2 Å². The summed E-state index contributed by atoms with van der Waals surface area (Å²) in [5.74, 6) is 6.19. The van der Waals surface area contributed by atoms with Crippen LogP contribution in [-0.4, -0.2) is 77.8 Å². The second-order valence-corrected chi connectivity index (χ2v) is 15.0. The largest absolute Gasteiger partial charge is 0.461 e. The molecule has 47 heavy (non-hydrogen) atoms. The molecule has 7 rings (SSSR count). The fourth-order valence-electron chi connectivity index (χ4n) is 6.08. The van der Waals surface area contributed by atoms with Crippen molar-refractivity contribution in [2.75, 3.05) is 17.3 Å². The van der Waals surface area contributed by atoms with Gasteiger partial charge in [-0.15, -0.1) is 0 Å². The van der Waals surface area contributed by atoms with E-state index in [-0.39, 0.29) is 29.5 Å². The number of imidazole rings is 1. The van der Waals surface area contributed by atoms with Crippen LogP contribution in [0.4, 0.5) is 11.8 Å². The number of nitrogens with two attached hydrogens (primary N) is 2. The van der Waals surface area contributed by atoms with Crippen LogP contribution >= 0.6 is 19.3 Å². The number of aliphatic hydroxyl groups excluding tert-OH is 1. The van der Waals surface area contributed by atoms with Crippen molar-refractivity contribution < 1.29 is 38.1 Å². The average Bonchev–Trinajstić information content (AvgIpc) is 3.92. The molecule has 18 heteroatoms. The van der Waals surface area contributed by atoms with E-state index in [4.69, 9.17) is 41.7 Å². The fourth-order valence-corrected chi connectivity index (χ4v) is 7.95. The highest BCUT2D eigenvalue weighted by Crippen LogP contribution is 2.53. The monoisotopic (exact) mass is 692 g/mol. The van der Waals surface area contributed by atoms with E-state index >= 15 is 0 Å². The topological polar surface area (TPSA) is 222 Å². The summed E-state index contributed by atoms with van der Waals surface area (Å²) in [5.41, 5.74) is 3.44. The van der Waals surface area contributed by atoms with E-state index in [1.54, 1.807) is 12.1 Å². The second-order valence-electron chi connectivity index (χ2n) is 12.9. The predicted octanol–water partition coefficient (Wildman–Crippen LogP) is 2.73. The van der Waals surface area contributed by atoms with Gasteiger partial charge in [-0.2, -0.15) is 15.1 Å². The summed E-state index contributed by atoms with van der Waals surface area (Å²) in [6.45, 7) is 0.895. The molecule has 2 aromatic heterocycles. The number of hydrogen-bond donors (Lipinski definition) is 5. The third kappa shape index (κ3) is 6.41. The van der Waals surface area contributed by atoms with Crippen LogP contribution in [0.2, 0.25) is 5.02 Å². The Morgan fingerprint density at radius 3 is 2.57 bits per heavy atom. The van der Waals surface area contributed by atoms with Crippen molar-refractivity contribution in [3.05, 3.63) is 35.6 Å². The Bertz CT molecular complexity index is 1700. The molecule has 254 valence electrons. The Morgan fingerprint density at radius 2 is 1.91 bits per heavy atom. The van der Waals surface area contributed by atoms with Crippen LogP contribution in [0.25, 0.3) is 11.2 Å². The molecule has 4 aliphatic rings. The Labute approximate surface area is 275 Å². The smallest absolute Gasteiger partial charge is 0.459 e. The summed E-state index contributed by atoms with van der Waals surface area (Å²) in [5, 5.41) is 27.5. The summed E-state index contributed by atoms with van der Waals surface area (Å²) in [6.07, 6.45) is 3.35. The number of nitrogens with one attached hydrogen (secondary N) is 1. The lowest BCUT2D eigenvalue weighted by Crippen LogP contribution is -2.45. The number of halogens is 1. The molecule has 0 amide bonds. The summed E-state index contributed by atoms with van der Waals surface area (Å²) in [6, 6.07) is 6.23. The number of carbonyl (C=O) groups is 1. The van der Waals surface area contributed by atoms with Gasteiger partial charge in [-0.1, -0.05) is 11.6 Å². The van der Waals surface area contributed by atoms with Gasteiger partial charge in [0.2, 0.25) is 5.95 Å². The van der Waals surface area contributed by atoms with Crippen molar-refractivity contribution in [1.82, 2.24) is 24.6 Å². The Kier molecular flexibility index (Phi) is 8.36. The number of aromatic nitrogens is 4. The quantitative estimate of drug-likeness (QED) is 0.0797. The highest BCUT2D eigenvalue weighted by molar-refractivity contribution is 7.52. The van der Waals surface area contributed by atoms with E-state index in [2.05, 4.69) is 20.0 Å². The number of nitrogen functional groups attached to an aromatic ring is 1. The van der Waals surface area contributed by atoms with Crippen LogP contribution in [0.1, 0.15) is 64.5 Å². The Hall–Kier alpha value is -3.08. The molecule has 1 aliphatic heterocycles. The second kappa shape index (κ2) is 12.1. The van der Waals surface area contributed by atoms with Gasteiger partial charge in [0.25, 0.3) is 0 Å². The predicted molar refractivity (Wildman–Crippen MR) is 169 cm³/mol. The van der Waals surface area contributed by atoms with Gasteiger partial charge in [0.05, 0.1) is 12.9 Å². The minimum atomic E-state index is -4.32. The maximum absolute atomic E-state index is 14.3. The number of hydrazine groups is 1. The highest BCUT2D eigenvalue weighted by atomic mass is 35.5. The maximum atomic E-state index is 14.3. The molecule has 1 aromatic carbocycles.